The van der Waals surface area contributed by atoms with E-state index in [0.29, 0.717) is 0 Å². The SMILES string of the molecule is O=C(Nc1ccc(Br)c(F)c1)c1cc(Cl)cc([N+](=O)[O-])c1. The van der Waals surface area contributed by atoms with Crippen LogP contribution in [0, 0.1) is 15.9 Å². The lowest BCUT2D eigenvalue weighted by atomic mass is 10.2. The third kappa shape index (κ3) is 3.77. The number of nitrogens with zero attached hydrogens (tertiary/aromatic N) is 1. The van der Waals surface area contributed by atoms with Crippen molar-refractivity contribution in [1.29, 1.82) is 0 Å². The van der Waals surface area contributed by atoms with Gasteiger partial charge in [-0.1, -0.05) is 11.6 Å². The number of carbonyl (C=O) groups excluding carboxylic acids is 1. The van der Waals surface area contributed by atoms with E-state index in [-0.39, 0.29) is 26.4 Å². The maximum atomic E-state index is 13.4. The minimum atomic E-state index is -0.651. The molecule has 0 bridgehead atoms. The molecular formula is C13H7BrClFN2O3. The van der Waals surface area contributed by atoms with Crippen molar-refractivity contribution < 1.29 is 14.1 Å². The normalized spacial score (nSPS) is 10.2. The van der Waals surface area contributed by atoms with Gasteiger partial charge < -0.3 is 5.32 Å². The predicted molar refractivity (Wildman–Crippen MR) is 80.2 cm³/mol. The van der Waals surface area contributed by atoms with Crippen LogP contribution in [0.25, 0.3) is 0 Å². The summed E-state index contributed by atoms with van der Waals surface area (Å²) in [6.45, 7) is 0. The molecule has 0 saturated carbocycles. The van der Waals surface area contributed by atoms with E-state index in [1.54, 1.807) is 0 Å². The van der Waals surface area contributed by atoms with E-state index in [1.165, 1.54) is 18.2 Å². The minimum Gasteiger partial charge on any atom is -0.322 e. The van der Waals surface area contributed by atoms with Crippen molar-refractivity contribution in [3.63, 3.8) is 0 Å². The average Bonchev–Trinajstić information content (AvgIpc) is 2.42. The van der Waals surface area contributed by atoms with E-state index in [0.717, 1.165) is 18.2 Å². The van der Waals surface area contributed by atoms with Gasteiger partial charge in [-0.3, -0.25) is 14.9 Å². The van der Waals surface area contributed by atoms with Crippen molar-refractivity contribution in [1.82, 2.24) is 0 Å². The summed E-state index contributed by atoms with van der Waals surface area (Å²) >= 11 is 8.73. The zero-order valence-electron chi connectivity index (χ0n) is 10.3. The highest BCUT2D eigenvalue weighted by Crippen LogP contribution is 2.23. The fourth-order valence-corrected chi connectivity index (χ4v) is 2.06. The van der Waals surface area contributed by atoms with Crippen molar-refractivity contribution in [2.75, 3.05) is 5.32 Å². The van der Waals surface area contributed by atoms with Crippen LogP contribution in [0.15, 0.2) is 40.9 Å². The Bertz CT molecular complexity index is 739. The number of hydrogen-bond acceptors (Lipinski definition) is 3. The Labute approximate surface area is 132 Å². The second-order valence-corrected chi connectivity index (χ2v) is 5.33. The Morgan fingerprint density at radius 2 is 2.00 bits per heavy atom. The molecule has 1 N–H and O–H groups in total. The second-order valence-electron chi connectivity index (χ2n) is 4.04. The summed E-state index contributed by atoms with van der Waals surface area (Å²) in [5, 5.41) is 13.2. The number of nitro groups is 1. The highest BCUT2D eigenvalue weighted by molar-refractivity contribution is 9.10. The molecule has 0 radical (unpaired) electrons. The van der Waals surface area contributed by atoms with Crippen molar-refractivity contribution in [3.8, 4) is 0 Å². The molecule has 5 nitrogen and oxygen atoms in total. The lowest BCUT2D eigenvalue weighted by molar-refractivity contribution is -0.384. The fourth-order valence-electron chi connectivity index (χ4n) is 1.59. The molecule has 108 valence electrons. The van der Waals surface area contributed by atoms with Crippen LogP contribution in [0.4, 0.5) is 15.8 Å². The third-order valence-corrected chi connectivity index (χ3v) is 3.39. The van der Waals surface area contributed by atoms with Gasteiger partial charge in [-0.15, -0.1) is 0 Å². The molecule has 2 aromatic carbocycles. The molecule has 0 fully saturated rings. The molecule has 0 aliphatic carbocycles. The summed E-state index contributed by atoms with van der Waals surface area (Å²) in [5.74, 6) is -1.16. The number of nitro benzene ring substituents is 1. The molecule has 0 atom stereocenters. The van der Waals surface area contributed by atoms with E-state index in [9.17, 15) is 19.3 Å². The van der Waals surface area contributed by atoms with Crippen LogP contribution in [0.5, 0.6) is 0 Å². The van der Waals surface area contributed by atoms with E-state index < -0.39 is 16.6 Å². The monoisotopic (exact) mass is 372 g/mol. The van der Waals surface area contributed by atoms with E-state index in [2.05, 4.69) is 21.2 Å². The molecule has 2 rings (SSSR count). The van der Waals surface area contributed by atoms with Gasteiger partial charge in [0.25, 0.3) is 11.6 Å². The van der Waals surface area contributed by atoms with Gasteiger partial charge in [-0.2, -0.15) is 0 Å². The van der Waals surface area contributed by atoms with Gasteiger partial charge in [-0.25, -0.2) is 4.39 Å². The molecule has 2 aromatic rings. The summed E-state index contributed by atoms with van der Waals surface area (Å²) < 4.78 is 13.6. The van der Waals surface area contributed by atoms with Crippen molar-refractivity contribution in [2.45, 2.75) is 0 Å². The van der Waals surface area contributed by atoms with Gasteiger partial charge >= 0.3 is 0 Å². The Morgan fingerprint density at radius 3 is 2.62 bits per heavy atom. The fraction of sp³-hybridized carbons (Fsp3) is 0. The summed E-state index contributed by atoms with van der Waals surface area (Å²) in [4.78, 5) is 22.1. The van der Waals surface area contributed by atoms with Crippen molar-refractivity contribution in [2.24, 2.45) is 0 Å². The van der Waals surface area contributed by atoms with E-state index >= 15 is 0 Å². The summed E-state index contributed by atoms with van der Waals surface area (Å²) in [5.41, 5.74) is -0.0597. The zero-order chi connectivity index (χ0) is 15.6. The van der Waals surface area contributed by atoms with Crippen LogP contribution in [0.2, 0.25) is 5.02 Å². The van der Waals surface area contributed by atoms with E-state index in [1.807, 2.05) is 0 Å². The van der Waals surface area contributed by atoms with Gasteiger partial charge in [0.2, 0.25) is 0 Å². The number of benzene rings is 2. The van der Waals surface area contributed by atoms with Crippen LogP contribution in [0.3, 0.4) is 0 Å². The number of amides is 1. The van der Waals surface area contributed by atoms with E-state index in [4.69, 9.17) is 11.6 Å². The number of non-ortho nitro benzene ring substituents is 1. The minimum absolute atomic E-state index is 0.0116. The number of hydrogen-bond donors (Lipinski definition) is 1. The van der Waals surface area contributed by atoms with Crippen LogP contribution in [-0.2, 0) is 0 Å². The molecule has 0 aromatic heterocycles. The van der Waals surface area contributed by atoms with Gasteiger partial charge in [0.15, 0.2) is 0 Å². The maximum absolute atomic E-state index is 13.4. The van der Waals surface area contributed by atoms with Crippen LogP contribution < -0.4 is 5.32 Å². The summed E-state index contributed by atoms with van der Waals surface area (Å²) in [6, 6.07) is 7.57. The van der Waals surface area contributed by atoms with Crippen LogP contribution in [-0.4, -0.2) is 10.8 Å². The number of halogens is 3. The summed E-state index contributed by atoms with van der Waals surface area (Å²) in [6.07, 6.45) is 0. The number of rotatable bonds is 3. The van der Waals surface area contributed by atoms with Gasteiger partial charge in [0, 0.05) is 28.4 Å². The first-order valence-corrected chi connectivity index (χ1v) is 6.75. The Hall–Kier alpha value is -1.99. The zero-order valence-corrected chi connectivity index (χ0v) is 12.6. The molecule has 0 saturated heterocycles. The highest BCUT2D eigenvalue weighted by Gasteiger charge is 2.14. The molecule has 1 amide bonds. The molecule has 21 heavy (non-hydrogen) atoms. The number of nitrogens with one attached hydrogen (secondary N) is 1. The molecule has 0 unspecified atom stereocenters. The lowest BCUT2D eigenvalue weighted by Crippen LogP contribution is -2.12. The lowest BCUT2D eigenvalue weighted by Gasteiger charge is -2.06. The predicted octanol–water partition coefficient (Wildman–Crippen LogP) is 4.40. The topological polar surface area (TPSA) is 72.2 Å². The third-order valence-electron chi connectivity index (χ3n) is 2.53. The largest absolute Gasteiger partial charge is 0.322 e. The first kappa shape index (κ1) is 15.4. The Morgan fingerprint density at radius 1 is 1.29 bits per heavy atom. The molecule has 0 aliphatic rings. The average molecular weight is 374 g/mol. The molecule has 0 aliphatic heterocycles. The second kappa shape index (κ2) is 6.19. The summed E-state index contributed by atoms with van der Waals surface area (Å²) in [7, 11) is 0. The van der Waals surface area contributed by atoms with Crippen molar-refractivity contribution >= 4 is 44.8 Å². The highest BCUT2D eigenvalue weighted by atomic mass is 79.9. The quantitative estimate of drug-likeness (QED) is 0.640. The maximum Gasteiger partial charge on any atom is 0.271 e. The van der Waals surface area contributed by atoms with Crippen LogP contribution >= 0.6 is 27.5 Å². The standard InChI is InChI=1S/C13H7BrClFN2O3/c14-11-2-1-9(6-12(11)16)17-13(19)7-3-8(15)5-10(4-7)18(20)21/h1-6H,(H,17,19). The molecule has 8 heteroatoms. The Kier molecular flexibility index (Phi) is 4.54. The Balaban J connectivity index is 2.27. The van der Waals surface area contributed by atoms with Crippen LogP contribution in [0.1, 0.15) is 10.4 Å². The first-order chi connectivity index (χ1) is 9.86. The van der Waals surface area contributed by atoms with Gasteiger partial charge in [0.1, 0.15) is 5.82 Å². The van der Waals surface area contributed by atoms with Crippen molar-refractivity contribution in [3.05, 3.63) is 67.4 Å². The number of carbonyl (C=O) groups is 1. The molecule has 0 heterocycles. The van der Waals surface area contributed by atoms with Gasteiger partial charge in [0.05, 0.1) is 9.40 Å². The van der Waals surface area contributed by atoms with Gasteiger partial charge in [-0.05, 0) is 40.2 Å². The smallest absolute Gasteiger partial charge is 0.271 e. The molecular weight excluding hydrogens is 367 g/mol. The number of anilines is 1. The molecule has 0 spiro atoms. The first-order valence-electron chi connectivity index (χ1n) is 5.58.